The molecular formula is C23H33N5O2. The topological polar surface area (TPSA) is 74.3 Å². The van der Waals surface area contributed by atoms with Crippen LogP contribution in [0.2, 0.25) is 0 Å². The average molecular weight is 412 g/mol. The summed E-state index contributed by atoms with van der Waals surface area (Å²) in [6.07, 6.45) is 10.6. The van der Waals surface area contributed by atoms with E-state index in [9.17, 15) is 4.79 Å². The summed E-state index contributed by atoms with van der Waals surface area (Å²) in [7, 11) is 1.71. The first-order valence-corrected chi connectivity index (χ1v) is 11.2. The first kappa shape index (κ1) is 21.0. The summed E-state index contributed by atoms with van der Waals surface area (Å²) in [6.45, 7) is 4.62. The zero-order valence-electron chi connectivity index (χ0n) is 17.9. The Morgan fingerprint density at radius 1 is 1.23 bits per heavy atom. The van der Waals surface area contributed by atoms with E-state index in [-0.39, 0.29) is 5.91 Å². The lowest BCUT2D eigenvalue weighted by Crippen LogP contribution is -2.51. The standard InChI is InChI=1S/C23H33N5O2/c1-30-15-5-14-28(17-19-6-4-13-27-12-3-2-7-22(19)27)23(29)21-16-20(25-26-21)18-8-10-24-11-9-18/h8-11,16,19,22H,2-7,12-15,17H2,1H3,(H,25,26)/t19-,22-/m1/s1. The van der Waals surface area contributed by atoms with E-state index in [1.54, 1.807) is 19.5 Å². The maximum absolute atomic E-state index is 13.4. The second-order valence-electron chi connectivity index (χ2n) is 8.50. The SMILES string of the molecule is COCCCN(C[C@H]1CCCN2CCCC[C@H]12)C(=O)c1cc(-c2ccncc2)n[nH]1. The molecule has 7 nitrogen and oxygen atoms in total. The molecule has 0 aromatic carbocycles. The van der Waals surface area contributed by atoms with Crippen LogP contribution in [-0.2, 0) is 4.74 Å². The van der Waals surface area contributed by atoms with Gasteiger partial charge >= 0.3 is 0 Å². The van der Waals surface area contributed by atoms with Crippen molar-refractivity contribution in [1.29, 1.82) is 0 Å². The summed E-state index contributed by atoms with van der Waals surface area (Å²) in [5, 5.41) is 7.33. The molecule has 30 heavy (non-hydrogen) atoms. The third-order valence-corrected chi connectivity index (χ3v) is 6.53. The molecule has 1 amide bonds. The monoisotopic (exact) mass is 411 g/mol. The normalized spacial score (nSPS) is 21.9. The van der Waals surface area contributed by atoms with Gasteiger partial charge in [0.05, 0.1) is 5.69 Å². The number of aromatic nitrogens is 3. The molecule has 162 valence electrons. The molecule has 4 rings (SSSR count). The van der Waals surface area contributed by atoms with Crippen molar-refractivity contribution >= 4 is 5.91 Å². The Bertz CT molecular complexity index is 807. The highest BCUT2D eigenvalue weighted by Crippen LogP contribution is 2.31. The lowest BCUT2D eigenvalue weighted by molar-refractivity contribution is 0.0344. The van der Waals surface area contributed by atoms with Crippen molar-refractivity contribution in [2.75, 3.05) is 39.9 Å². The molecule has 2 saturated heterocycles. The number of pyridine rings is 1. The second kappa shape index (κ2) is 10.2. The summed E-state index contributed by atoms with van der Waals surface area (Å²) in [6, 6.07) is 6.29. The number of aromatic amines is 1. The van der Waals surface area contributed by atoms with Crippen molar-refractivity contribution in [3.63, 3.8) is 0 Å². The minimum absolute atomic E-state index is 0.0341. The van der Waals surface area contributed by atoms with E-state index >= 15 is 0 Å². The molecule has 2 aromatic heterocycles. The number of carbonyl (C=O) groups is 1. The quantitative estimate of drug-likeness (QED) is 0.675. The fourth-order valence-electron chi connectivity index (χ4n) is 5.02. The molecule has 2 fully saturated rings. The average Bonchev–Trinajstić information content (AvgIpc) is 3.29. The van der Waals surface area contributed by atoms with Gasteiger partial charge in [-0.25, -0.2) is 0 Å². The van der Waals surface area contributed by atoms with Crippen molar-refractivity contribution in [3.8, 4) is 11.3 Å². The molecule has 0 saturated carbocycles. The summed E-state index contributed by atoms with van der Waals surface area (Å²) >= 11 is 0. The smallest absolute Gasteiger partial charge is 0.271 e. The fourth-order valence-corrected chi connectivity index (χ4v) is 5.02. The molecule has 2 aliphatic rings. The van der Waals surface area contributed by atoms with Gasteiger partial charge in [-0.2, -0.15) is 5.10 Å². The molecule has 0 aliphatic carbocycles. The molecular weight excluding hydrogens is 378 g/mol. The van der Waals surface area contributed by atoms with Gasteiger partial charge in [-0.05, 0) is 69.3 Å². The Hall–Kier alpha value is -2.25. The summed E-state index contributed by atoms with van der Waals surface area (Å²) < 4.78 is 5.24. The van der Waals surface area contributed by atoms with Crippen LogP contribution in [0.4, 0.5) is 0 Å². The third-order valence-electron chi connectivity index (χ3n) is 6.53. The van der Waals surface area contributed by atoms with Crippen molar-refractivity contribution in [3.05, 3.63) is 36.3 Å². The Balaban J connectivity index is 1.48. The Kier molecular flexibility index (Phi) is 7.12. The van der Waals surface area contributed by atoms with Crippen LogP contribution in [0.5, 0.6) is 0 Å². The fraction of sp³-hybridized carbons (Fsp3) is 0.609. The zero-order valence-corrected chi connectivity index (χ0v) is 17.9. The minimum Gasteiger partial charge on any atom is -0.385 e. The van der Waals surface area contributed by atoms with Crippen LogP contribution in [-0.4, -0.2) is 76.8 Å². The summed E-state index contributed by atoms with van der Waals surface area (Å²) in [5.41, 5.74) is 2.28. The van der Waals surface area contributed by atoms with Gasteiger partial charge in [-0.1, -0.05) is 6.42 Å². The predicted molar refractivity (Wildman–Crippen MR) is 116 cm³/mol. The molecule has 7 heteroatoms. The number of fused-ring (bicyclic) bond motifs is 1. The van der Waals surface area contributed by atoms with E-state index in [1.165, 1.54) is 45.2 Å². The third kappa shape index (κ3) is 4.90. The largest absolute Gasteiger partial charge is 0.385 e. The van der Waals surface area contributed by atoms with Crippen molar-refractivity contribution in [2.24, 2.45) is 5.92 Å². The number of nitrogens with one attached hydrogen (secondary N) is 1. The van der Waals surface area contributed by atoms with Gasteiger partial charge in [0.2, 0.25) is 0 Å². The molecule has 4 heterocycles. The van der Waals surface area contributed by atoms with Crippen LogP contribution in [0.15, 0.2) is 30.6 Å². The molecule has 1 N–H and O–H groups in total. The van der Waals surface area contributed by atoms with Gasteiger partial charge in [0.25, 0.3) is 5.91 Å². The lowest BCUT2D eigenvalue weighted by atomic mass is 9.83. The van der Waals surface area contributed by atoms with Crippen LogP contribution >= 0.6 is 0 Å². The number of piperidine rings is 2. The molecule has 2 atom stereocenters. The van der Waals surface area contributed by atoms with Gasteiger partial charge < -0.3 is 14.5 Å². The molecule has 0 unspecified atom stereocenters. The Labute approximate surface area is 178 Å². The van der Waals surface area contributed by atoms with E-state index < -0.39 is 0 Å². The van der Waals surface area contributed by atoms with E-state index in [0.29, 0.717) is 30.8 Å². The molecule has 0 radical (unpaired) electrons. The lowest BCUT2D eigenvalue weighted by Gasteiger charge is -2.45. The first-order chi connectivity index (χ1) is 14.8. The van der Waals surface area contributed by atoms with Crippen molar-refractivity contribution in [2.45, 2.75) is 44.6 Å². The molecule has 2 aromatic rings. The number of methoxy groups -OCH3 is 1. The van der Waals surface area contributed by atoms with Gasteiger partial charge in [-0.3, -0.25) is 14.9 Å². The minimum atomic E-state index is 0.0341. The van der Waals surface area contributed by atoms with E-state index in [4.69, 9.17) is 4.74 Å². The number of rotatable bonds is 8. The molecule has 2 aliphatic heterocycles. The summed E-state index contributed by atoms with van der Waals surface area (Å²) in [5.74, 6) is 0.583. The number of hydrogen-bond donors (Lipinski definition) is 1. The highest BCUT2D eigenvalue weighted by atomic mass is 16.5. The Morgan fingerprint density at radius 3 is 2.90 bits per heavy atom. The van der Waals surface area contributed by atoms with Crippen molar-refractivity contribution in [1.82, 2.24) is 25.0 Å². The zero-order chi connectivity index (χ0) is 20.8. The van der Waals surface area contributed by atoms with E-state index in [2.05, 4.69) is 20.1 Å². The highest BCUT2D eigenvalue weighted by molar-refractivity contribution is 5.93. The first-order valence-electron chi connectivity index (χ1n) is 11.2. The maximum atomic E-state index is 13.4. The maximum Gasteiger partial charge on any atom is 0.271 e. The number of ether oxygens (including phenoxy) is 1. The van der Waals surface area contributed by atoms with E-state index in [1.807, 2.05) is 23.1 Å². The highest BCUT2D eigenvalue weighted by Gasteiger charge is 2.35. The van der Waals surface area contributed by atoms with Crippen LogP contribution in [0.25, 0.3) is 11.3 Å². The number of nitrogens with zero attached hydrogens (tertiary/aromatic N) is 4. The summed E-state index contributed by atoms with van der Waals surface area (Å²) in [4.78, 5) is 22.1. The van der Waals surface area contributed by atoms with Crippen LogP contribution in [0, 0.1) is 5.92 Å². The Morgan fingerprint density at radius 2 is 2.07 bits per heavy atom. The number of H-pyrrole nitrogens is 1. The molecule has 0 spiro atoms. The van der Waals surface area contributed by atoms with Gasteiger partial charge in [-0.15, -0.1) is 0 Å². The van der Waals surface area contributed by atoms with Gasteiger partial charge in [0.15, 0.2) is 0 Å². The number of amides is 1. The predicted octanol–water partition coefficient (Wildman–Crippen LogP) is 3.21. The van der Waals surface area contributed by atoms with E-state index in [0.717, 1.165) is 24.2 Å². The van der Waals surface area contributed by atoms with Crippen molar-refractivity contribution < 1.29 is 9.53 Å². The van der Waals surface area contributed by atoms with Crippen LogP contribution < -0.4 is 0 Å². The molecule has 0 bridgehead atoms. The number of carbonyl (C=O) groups excluding carboxylic acids is 1. The second-order valence-corrected chi connectivity index (χ2v) is 8.50. The van der Waals surface area contributed by atoms with Crippen LogP contribution in [0.1, 0.15) is 49.0 Å². The number of hydrogen-bond acceptors (Lipinski definition) is 5. The van der Waals surface area contributed by atoms with Crippen LogP contribution in [0.3, 0.4) is 0 Å². The van der Waals surface area contributed by atoms with Gasteiger partial charge in [0, 0.05) is 50.8 Å². The van der Waals surface area contributed by atoms with Gasteiger partial charge in [0.1, 0.15) is 5.69 Å².